The second kappa shape index (κ2) is 7.94. The van der Waals surface area contributed by atoms with Crippen LogP contribution in [0.25, 0.3) is 0 Å². The van der Waals surface area contributed by atoms with E-state index < -0.39 is 0 Å². The van der Waals surface area contributed by atoms with Crippen molar-refractivity contribution in [1.29, 1.82) is 0 Å². The van der Waals surface area contributed by atoms with E-state index in [1.165, 1.54) is 45.3 Å². The van der Waals surface area contributed by atoms with E-state index in [2.05, 4.69) is 49.9 Å². The zero-order valence-electron chi connectivity index (χ0n) is 14.9. The van der Waals surface area contributed by atoms with Gasteiger partial charge in [-0.1, -0.05) is 27.7 Å². The van der Waals surface area contributed by atoms with Gasteiger partial charge in [0.25, 0.3) is 0 Å². The summed E-state index contributed by atoms with van der Waals surface area (Å²) in [4.78, 5) is 5.34. The standard InChI is InChI=1S/C18H37N3/c1-6-19-17-13-14(3)12-15(4)18(17)20(5)16-8-10-21(7-2)11-9-16/h14-19H,6-13H2,1-5H3. The van der Waals surface area contributed by atoms with Crippen LogP contribution in [0.1, 0.15) is 53.4 Å². The molecule has 1 aliphatic carbocycles. The molecule has 3 heteroatoms. The second-order valence-electron chi connectivity index (χ2n) is 7.54. The number of hydrogen-bond donors (Lipinski definition) is 1. The van der Waals surface area contributed by atoms with Gasteiger partial charge in [0.1, 0.15) is 0 Å². The molecule has 1 saturated carbocycles. The van der Waals surface area contributed by atoms with Crippen LogP contribution in [0.4, 0.5) is 0 Å². The lowest BCUT2D eigenvalue weighted by molar-refractivity contribution is 0.0268. The molecule has 0 radical (unpaired) electrons. The van der Waals surface area contributed by atoms with E-state index in [1.807, 2.05) is 0 Å². The van der Waals surface area contributed by atoms with Gasteiger partial charge in [-0.05, 0) is 70.7 Å². The Morgan fingerprint density at radius 1 is 1.10 bits per heavy atom. The number of likely N-dealkylation sites (tertiary alicyclic amines) is 1. The Morgan fingerprint density at radius 2 is 1.76 bits per heavy atom. The van der Waals surface area contributed by atoms with Crippen molar-refractivity contribution in [3.63, 3.8) is 0 Å². The van der Waals surface area contributed by atoms with Crippen LogP contribution >= 0.6 is 0 Å². The first kappa shape index (κ1) is 17.2. The molecule has 21 heavy (non-hydrogen) atoms. The van der Waals surface area contributed by atoms with Gasteiger partial charge in [-0.2, -0.15) is 0 Å². The first-order valence-electron chi connectivity index (χ1n) is 9.24. The summed E-state index contributed by atoms with van der Waals surface area (Å²) in [5.74, 6) is 1.68. The maximum atomic E-state index is 3.78. The molecule has 3 nitrogen and oxygen atoms in total. The van der Waals surface area contributed by atoms with Crippen LogP contribution in [0.15, 0.2) is 0 Å². The topological polar surface area (TPSA) is 18.5 Å². The summed E-state index contributed by atoms with van der Waals surface area (Å²) in [6.07, 6.45) is 5.44. The van der Waals surface area contributed by atoms with Crippen LogP contribution in [0, 0.1) is 11.8 Å². The molecule has 0 bridgehead atoms. The van der Waals surface area contributed by atoms with Crippen molar-refractivity contribution in [1.82, 2.24) is 15.1 Å². The Balaban J connectivity index is 1.99. The molecule has 0 aromatic carbocycles. The molecule has 0 spiro atoms. The first-order valence-corrected chi connectivity index (χ1v) is 9.24. The summed E-state index contributed by atoms with van der Waals surface area (Å²) in [5.41, 5.74) is 0. The highest BCUT2D eigenvalue weighted by Gasteiger charge is 2.38. The van der Waals surface area contributed by atoms with Gasteiger partial charge in [-0.25, -0.2) is 0 Å². The van der Waals surface area contributed by atoms with Crippen LogP contribution < -0.4 is 5.32 Å². The highest BCUT2D eigenvalue weighted by atomic mass is 15.2. The lowest BCUT2D eigenvalue weighted by atomic mass is 9.75. The van der Waals surface area contributed by atoms with Crippen molar-refractivity contribution in [2.45, 2.75) is 71.5 Å². The third-order valence-corrected chi connectivity index (χ3v) is 5.94. The number of nitrogens with zero attached hydrogens (tertiary/aromatic N) is 2. The number of likely N-dealkylation sites (N-methyl/N-ethyl adjacent to an activating group) is 2. The average Bonchev–Trinajstić information content (AvgIpc) is 2.46. The first-order chi connectivity index (χ1) is 10.1. The molecular weight excluding hydrogens is 258 g/mol. The van der Waals surface area contributed by atoms with Crippen LogP contribution in [-0.2, 0) is 0 Å². The fraction of sp³-hybridized carbons (Fsp3) is 1.00. The quantitative estimate of drug-likeness (QED) is 0.841. The van der Waals surface area contributed by atoms with E-state index in [4.69, 9.17) is 0 Å². The SMILES string of the molecule is CCNC1CC(C)CC(C)C1N(C)C1CCN(CC)CC1. The normalized spacial score (nSPS) is 36.3. The Bertz CT molecular complexity index is 299. The highest BCUT2D eigenvalue weighted by Crippen LogP contribution is 2.34. The summed E-state index contributed by atoms with van der Waals surface area (Å²) in [6.45, 7) is 14.3. The van der Waals surface area contributed by atoms with Crippen molar-refractivity contribution >= 4 is 0 Å². The molecule has 1 saturated heterocycles. The number of rotatable bonds is 5. The summed E-state index contributed by atoms with van der Waals surface area (Å²) >= 11 is 0. The summed E-state index contributed by atoms with van der Waals surface area (Å²) < 4.78 is 0. The second-order valence-corrected chi connectivity index (χ2v) is 7.54. The van der Waals surface area contributed by atoms with Gasteiger partial charge in [0, 0.05) is 18.1 Å². The predicted molar refractivity (Wildman–Crippen MR) is 91.7 cm³/mol. The lowest BCUT2D eigenvalue weighted by Gasteiger charge is -2.49. The molecule has 2 aliphatic rings. The van der Waals surface area contributed by atoms with E-state index in [0.29, 0.717) is 6.04 Å². The van der Waals surface area contributed by atoms with Gasteiger partial charge in [0.05, 0.1) is 0 Å². The molecule has 4 atom stereocenters. The molecule has 0 aromatic heterocycles. The monoisotopic (exact) mass is 295 g/mol. The lowest BCUT2D eigenvalue weighted by Crippen LogP contribution is -2.59. The molecule has 124 valence electrons. The van der Waals surface area contributed by atoms with Crippen LogP contribution in [0.3, 0.4) is 0 Å². The van der Waals surface area contributed by atoms with Crippen molar-refractivity contribution in [3.8, 4) is 0 Å². The van der Waals surface area contributed by atoms with E-state index in [9.17, 15) is 0 Å². The molecule has 0 amide bonds. The molecule has 1 heterocycles. The maximum Gasteiger partial charge on any atom is 0.0275 e. The van der Waals surface area contributed by atoms with Gasteiger partial charge in [0.15, 0.2) is 0 Å². The molecule has 2 fully saturated rings. The number of nitrogens with one attached hydrogen (secondary N) is 1. The third kappa shape index (κ3) is 4.20. The van der Waals surface area contributed by atoms with E-state index >= 15 is 0 Å². The van der Waals surface area contributed by atoms with Gasteiger partial charge < -0.3 is 10.2 Å². The minimum Gasteiger partial charge on any atom is -0.313 e. The average molecular weight is 296 g/mol. The van der Waals surface area contributed by atoms with Crippen molar-refractivity contribution in [2.24, 2.45) is 11.8 Å². The minimum atomic E-state index is 0.683. The molecular formula is C18H37N3. The van der Waals surface area contributed by atoms with Gasteiger partial charge in [0.2, 0.25) is 0 Å². The largest absolute Gasteiger partial charge is 0.313 e. The van der Waals surface area contributed by atoms with Crippen LogP contribution in [-0.4, -0.2) is 61.2 Å². The smallest absolute Gasteiger partial charge is 0.0275 e. The minimum absolute atomic E-state index is 0.683. The molecule has 2 rings (SSSR count). The molecule has 1 N–H and O–H groups in total. The summed E-state index contributed by atoms with van der Waals surface area (Å²) in [6, 6.07) is 2.19. The Kier molecular flexibility index (Phi) is 6.51. The zero-order valence-corrected chi connectivity index (χ0v) is 14.9. The molecule has 1 aliphatic heterocycles. The number of hydrogen-bond acceptors (Lipinski definition) is 3. The summed E-state index contributed by atoms with van der Waals surface area (Å²) in [5, 5.41) is 3.78. The predicted octanol–water partition coefficient (Wildman–Crippen LogP) is 2.82. The fourth-order valence-electron chi connectivity index (χ4n) is 4.88. The fourth-order valence-corrected chi connectivity index (χ4v) is 4.88. The van der Waals surface area contributed by atoms with E-state index in [0.717, 1.165) is 30.5 Å². The van der Waals surface area contributed by atoms with Crippen LogP contribution in [0.2, 0.25) is 0 Å². The third-order valence-electron chi connectivity index (χ3n) is 5.94. The van der Waals surface area contributed by atoms with Gasteiger partial charge in [-0.3, -0.25) is 4.90 Å². The Labute approximate surface area is 132 Å². The van der Waals surface area contributed by atoms with Gasteiger partial charge in [-0.15, -0.1) is 0 Å². The molecule has 4 unspecified atom stereocenters. The molecule has 0 aromatic rings. The zero-order chi connectivity index (χ0) is 15.4. The Morgan fingerprint density at radius 3 is 2.33 bits per heavy atom. The van der Waals surface area contributed by atoms with Crippen molar-refractivity contribution < 1.29 is 0 Å². The number of piperidine rings is 1. The van der Waals surface area contributed by atoms with Gasteiger partial charge >= 0.3 is 0 Å². The van der Waals surface area contributed by atoms with Crippen molar-refractivity contribution in [2.75, 3.05) is 33.2 Å². The summed E-state index contributed by atoms with van der Waals surface area (Å²) in [7, 11) is 2.40. The van der Waals surface area contributed by atoms with E-state index in [1.54, 1.807) is 0 Å². The van der Waals surface area contributed by atoms with Crippen LogP contribution in [0.5, 0.6) is 0 Å². The highest BCUT2D eigenvalue weighted by molar-refractivity contribution is 4.95. The van der Waals surface area contributed by atoms with Crippen molar-refractivity contribution in [3.05, 3.63) is 0 Å². The maximum absolute atomic E-state index is 3.78. The van der Waals surface area contributed by atoms with E-state index in [-0.39, 0.29) is 0 Å². The Hall–Kier alpha value is -0.120.